The Hall–Kier alpha value is -0.490. The normalized spacial score (nSPS) is 26.8. The number of aromatic nitrogens is 1. The highest BCUT2D eigenvalue weighted by molar-refractivity contribution is 7.09. The Balaban J connectivity index is 1.94. The lowest BCUT2D eigenvalue weighted by Crippen LogP contribution is -2.22. The molecule has 1 aliphatic rings. The summed E-state index contributed by atoms with van der Waals surface area (Å²) in [6, 6.07) is 0. The molecule has 0 radical (unpaired) electrons. The Kier molecular flexibility index (Phi) is 3.59. The number of rotatable bonds is 3. The number of hydrogen-bond acceptors (Lipinski definition) is 5. The van der Waals surface area contributed by atoms with Gasteiger partial charge in [-0.2, -0.15) is 0 Å². The molecule has 5 heteroatoms. The summed E-state index contributed by atoms with van der Waals surface area (Å²) in [7, 11) is 0. The van der Waals surface area contributed by atoms with E-state index in [1.807, 2.05) is 4.90 Å². The standard InChI is InChI=1S/C11H18N2O2S/c1-7(2)11-12-8(6-16-11)3-13-4-9(14)10(15)5-13/h6-7,9-10,14-15H,3-5H2,1-2H3/t9-,10+. The van der Waals surface area contributed by atoms with E-state index in [1.165, 1.54) is 0 Å². The van der Waals surface area contributed by atoms with E-state index in [-0.39, 0.29) is 0 Å². The van der Waals surface area contributed by atoms with Gasteiger partial charge in [0.1, 0.15) is 0 Å². The average Bonchev–Trinajstić information content (AvgIpc) is 2.76. The second kappa shape index (κ2) is 4.79. The number of hydrogen-bond donors (Lipinski definition) is 2. The van der Waals surface area contributed by atoms with Crippen molar-refractivity contribution in [2.75, 3.05) is 13.1 Å². The summed E-state index contributed by atoms with van der Waals surface area (Å²) in [5.74, 6) is 0.466. The number of aliphatic hydroxyl groups excluding tert-OH is 2. The fourth-order valence-corrected chi connectivity index (χ4v) is 2.69. The largest absolute Gasteiger partial charge is 0.389 e. The van der Waals surface area contributed by atoms with Gasteiger partial charge in [0.25, 0.3) is 0 Å². The van der Waals surface area contributed by atoms with Crippen molar-refractivity contribution in [1.29, 1.82) is 0 Å². The van der Waals surface area contributed by atoms with Crippen molar-refractivity contribution in [3.05, 3.63) is 16.1 Å². The average molecular weight is 242 g/mol. The van der Waals surface area contributed by atoms with E-state index < -0.39 is 12.2 Å². The minimum absolute atomic E-state index is 0.466. The summed E-state index contributed by atoms with van der Waals surface area (Å²) < 4.78 is 0. The highest BCUT2D eigenvalue weighted by atomic mass is 32.1. The van der Waals surface area contributed by atoms with Gasteiger partial charge in [0.05, 0.1) is 22.9 Å². The van der Waals surface area contributed by atoms with Crippen molar-refractivity contribution >= 4 is 11.3 Å². The molecule has 1 aromatic heterocycles. The van der Waals surface area contributed by atoms with Crippen molar-refractivity contribution in [1.82, 2.24) is 9.88 Å². The van der Waals surface area contributed by atoms with Gasteiger partial charge in [0.2, 0.25) is 0 Å². The van der Waals surface area contributed by atoms with E-state index >= 15 is 0 Å². The third kappa shape index (κ3) is 2.60. The van der Waals surface area contributed by atoms with E-state index in [1.54, 1.807) is 11.3 Å². The van der Waals surface area contributed by atoms with Crippen LogP contribution in [0.1, 0.15) is 30.5 Å². The highest BCUT2D eigenvalue weighted by Gasteiger charge is 2.29. The summed E-state index contributed by atoms with van der Waals surface area (Å²) in [6.07, 6.45) is -1.22. The molecule has 2 N–H and O–H groups in total. The molecule has 1 aliphatic heterocycles. The first-order chi connectivity index (χ1) is 7.56. The van der Waals surface area contributed by atoms with Crippen molar-refractivity contribution in [2.24, 2.45) is 0 Å². The van der Waals surface area contributed by atoms with Gasteiger partial charge >= 0.3 is 0 Å². The zero-order chi connectivity index (χ0) is 11.7. The fourth-order valence-electron chi connectivity index (χ4n) is 1.87. The molecule has 0 spiro atoms. The Morgan fingerprint density at radius 2 is 2.06 bits per heavy atom. The number of likely N-dealkylation sites (tertiary alicyclic amines) is 1. The lowest BCUT2D eigenvalue weighted by molar-refractivity contribution is 0.0572. The lowest BCUT2D eigenvalue weighted by atomic mass is 10.2. The van der Waals surface area contributed by atoms with Crippen LogP contribution >= 0.6 is 11.3 Å². The molecule has 0 unspecified atom stereocenters. The predicted molar refractivity (Wildman–Crippen MR) is 63.5 cm³/mol. The van der Waals surface area contributed by atoms with Gasteiger partial charge in [-0.3, -0.25) is 4.90 Å². The molecule has 0 aromatic carbocycles. The third-order valence-electron chi connectivity index (χ3n) is 2.78. The molecule has 0 bridgehead atoms. The quantitative estimate of drug-likeness (QED) is 0.823. The van der Waals surface area contributed by atoms with Crippen LogP contribution in [0.25, 0.3) is 0 Å². The molecule has 90 valence electrons. The zero-order valence-electron chi connectivity index (χ0n) is 9.63. The minimum Gasteiger partial charge on any atom is -0.389 e. The van der Waals surface area contributed by atoms with Crippen molar-refractivity contribution < 1.29 is 10.2 Å². The van der Waals surface area contributed by atoms with Gasteiger partial charge in [-0.15, -0.1) is 11.3 Å². The van der Waals surface area contributed by atoms with Crippen LogP contribution in [0, 0.1) is 0 Å². The maximum absolute atomic E-state index is 9.43. The number of β-amino-alcohol motifs (C(OH)–C–C–N with tert-alkyl or cyclic N) is 2. The van der Waals surface area contributed by atoms with Gasteiger partial charge in [0, 0.05) is 30.9 Å². The van der Waals surface area contributed by atoms with E-state index in [0.29, 0.717) is 19.0 Å². The second-order valence-corrected chi connectivity index (χ2v) is 5.55. The first-order valence-electron chi connectivity index (χ1n) is 5.59. The molecule has 0 saturated carbocycles. The van der Waals surface area contributed by atoms with Gasteiger partial charge in [-0.05, 0) is 0 Å². The van der Waals surface area contributed by atoms with Crippen molar-refractivity contribution in [3.63, 3.8) is 0 Å². The Labute approximate surface area is 99.6 Å². The summed E-state index contributed by atoms with van der Waals surface area (Å²) in [6.45, 7) is 6.06. The van der Waals surface area contributed by atoms with Crippen LogP contribution < -0.4 is 0 Å². The van der Waals surface area contributed by atoms with E-state index in [2.05, 4.69) is 24.2 Å². The molecule has 1 saturated heterocycles. The van der Waals surface area contributed by atoms with Gasteiger partial charge < -0.3 is 10.2 Å². The van der Waals surface area contributed by atoms with Crippen molar-refractivity contribution in [2.45, 2.75) is 38.5 Å². The lowest BCUT2D eigenvalue weighted by Gasteiger charge is -2.12. The third-order valence-corrected chi connectivity index (χ3v) is 3.98. The summed E-state index contributed by atoms with van der Waals surface area (Å²) >= 11 is 1.68. The van der Waals surface area contributed by atoms with Gasteiger partial charge in [-0.1, -0.05) is 13.8 Å². The molecule has 2 heterocycles. The number of aliphatic hydroxyl groups is 2. The van der Waals surface area contributed by atoms with Crippen molar-refractivity contribution in [3.8, 4) is 0 Å². The predicted octanol–water partition coefficient (Wildman–Crippen LogP) is 0.804. The van der Waals surface area contributed by atoms with Gasteiger partial charge in [-0.25, -0.2) is 4.98 Å². The van der Waals surface area contributed by atoms with Crippen LogP contribution in [0.15, 0.2) is 5.38 Å². The first kappa shape index (κ1) is 12.0. The SMILES string of the molecule is CC(C)c1nc(CN2C[C@@H](O)[C@@H](O)C2)cs1. The Morgan fingerprint density at radius 3 is 2.56 bits per heavy atom. The first-order valence-corrected chi connectivity index (χ1v) is 6.47. The summed E-state index contributed by atoms with van der Waals surface area (Å²) in [5, 5.41) is 22.1. The van der Waals surface area contributed by atoms with E-state index in [0.717, 1.165) is 17.2 Å². The monoisotopic (exact) mass is 242 g/mol. The van der Waals surface area contributed by atoms with Crippen LogP contribution in [-0.2, 0) is 6.54 Å². The number of thiazole rings is 1. The molecular formula is C11H18N2O2S. The summed E-state index contributed by atoms with van der Waals surface area (Å²) in [4.78, 5) is 6.57. The van der Waals surface area contributed by atoms with Crippen LogP contribution in [-0.4, -0.2) is 45.4 Å². The van der Waals surface area contributed by atoms with Gasteiger partial charge in [0.15, 0.2) is 0 Å². The van der Waals surface area contributed by atoms with Crippen LogP contribution in [0.4, 0.5) is 0 Å². The maximum atomic E-state index is 9.43. The van der Waals surface area contributed by atoms with E-state index in [9.17, 15) is 10.2 Å². The molecule has 2 rings (SSSR count). The fraction of sp³-hybridized carbons (Fsp3) is 0.727. The summed E-state index contributed by atoms with van der Waals surface area (Å²) in [5.41, 5.74) is 1.04. The Bertz CT molecular complexity index is 344. The maximum Gasteiger partial charge on any atom is 0.0954 e. The van der Waals surface area contributed by atoms with Crippen LogP contribution in [0.2, 0.25) is 0 Å². The molecule has 2 atom stereocenters. The zero-order valence-corrected chi connectivity index (χ0v) is 10.4. The highest BCUT2D eigenvalue weighted by Crippen LogP contribution is 2.21. The minimum atomic E-state index is -0.608. The molecule has 0 amide bonds. The van der Waals surface area contributed by atoms with Crippen LogP contribution in [0.3, 0.4) is 0 Å². The molecular weight excluding hydrogens is 224 g/mol. The second-order valence-electron chi connectivity index (χ2n) is 4.66. The Morgan fingerprint density at radius 1 is 1.44 bits per heavy atom. The van der Waals surface area contributed by atoms with E-state index in [4.69, 9.17) is 0 Å². The molecule has 4 nitrogen and oxygen atoms in total. The topological polar surface area (TPSA) is 56.6 Å². The smallest absolute Gasteiger partial charge is 0.0954 e. The molecule has 16 heavy (non-hydrogen) atoms. The van der Waals surface area contributed by atoms with Crippen LogP contribution in [0.5, 0.6) is 0 Å². The molecule has 0 aliphatic carbocycles. The molecule has 1 fully saturated rings. The molecule has 1 aromatic rings. The number of nitrogens with zero attached hydrogens (tertiary/aromatic N) is 2.